The molecule has 0 amide bonds. The molecule has 8 nitrogen and oxygen atoms in total. The number of nitrogens with zero attached hydrogens (tertiary/aromatic N) is 2. The summed E-state index contributed by atoms with van der Waals surface area (Å²) in [7, 11) is 0. The third kappa shape index (κ3) is 8.33. The molecular formula is C22H32ClF3N2O6. The monoisotopic (exact) mass is 512 g/mol. The van der Waals surface area contributed by atoms with Crippen molar-refractivity contribution >= 4 is 24.5 Å². The molecule has 6 atom stereocenters. The molecule has 1 aliphatic heterocycles. The minimum absolute atomic E-state index is 0. The first kappa shape index (κ1) is 32.0. The second kappa shape index (κ2) is 14.4. The van der Waals surface area contributed by atoms with Crippen LogP contribution in [0.25, 0.3) is 0 Å². The van der Waals surface area contributed by atoms with Crippen LogP contribution in [0.15, 0.2) is 40.1 Å². The first-order valence-corrected chi connectivity index (χ1v) is 10.4. The number of ether oxygens (including phenoxy) is 2. The number of hydrogen-bond donors (Lipinski definition) is 4. The molecular weight excluding hydrogens is 481 g/mol. The Labute approximate surface area is 202 Å². The van der Waals surface area contributed by atoms with Gasteiger partial charge in [-0.1, -0.05) is 45.9 Å². The molecule has 1 saturated heterocycles. The summed E-state index contributed by atoms with van der Waals surface area (Å²) in [6.07, 6.45) is -10.5. The summed E-state index contributed by atoms with van der Waals surface area (Å²) >= 11 is 6.18. The fraction of sp³-hybridized carbons (Fsp3) is 0.545. The van der Waals surface area contributed by atoms with Crippen molar-refractivity contribution in [2.24, 2.45) is 9.98 Å². The summed E-state index contributed by atoms with van der Waals surface area (Å²) in [6.45, 7) is 7.97. The van der Waals surface area contributed by atoms with Crippen molar-refractivity contribution in [3.63, 3.8) is 0 Å². The van der Waals surface area contributed by atoms with E-state index in [0.717, 1.165) is 6.21 Å². The van der Waals surface area contributed by atoms with E-state index < -0.39 is 55.1 Å². The van der Waals surface area contributed by atoms with Crippen molar-refractivity contribution in [1.82, 2.24) is 0 Å². The van der Waals surface area contributed by atoms with Crippen LogP contribution in [0.2, 0.25) is 5.02 Å². The van der Waals surface area contributed by atoms with E-state index in [0.29, 0.717) is 11.8 Å². The van der Waals surface area contributed by atoms with Crippen molar-refractivity contribution in [3.05, 3.63) is 40.7 Å². The molecule has 0 radical (unpaired) electrons. The Balaban J connectivity index is 0.00000353. The quantitative estimate of drug-likeness (QED) is 0.415. The van der Waals surface area contributed by atoms with Crippen molar-refractivity contribution in [3.8, 4) is 5.75 Å². The average Bonchev–Trinajstić information content (AvgIpc) is 2.78. The van der Waals surface area contributed by atoms with Gasteiger partial charge in [0.2, 0.25) is 6.29 Å². The lowest BCUT2D eigenvalue weighted by Gasteiger charge is -2.39. The largest absolute Gasteiger partial charge is 0.460 e. The highest BCUT2D eigenvalue weighted by molar-refractivity contribution is 6.32. The Bertz CT molecular complexity index is 835. The number of aliphatic hydroxyl groups is 4. The zero-order valence-electron chi connectivity index (χ0n) is 18.3. The predicted molar refractivity (Wildman–Crippen MR) is 125 cm³/mol. The number of aliphatic hydroxyl groups excluding tert-OH is 4. The van der Waals surface area contributed by atoms with E-state index in [-0.39, 0.29) is 18.2 Å². The van der Waals surface area contributed by atoms with Gasteiger partial charge in [0.1, 0.15) is 30.2 Å². The molecule has 2 rings (SSSR count). The number of allylic oxidation sites excluding steroid dienone is 1. The Morgan fingerprint density at radius 1 is 1.24 bits per heavy atom. The number of benzene rings is 1. The fourth-order valence-corrected chi connectivity index (χ4v) is 2.96. The third-order valence-electron chi connectivity index (χ3n) is 4.51. The highest BCUT2D eigenvalue weighted by atomic mass is 35.5. The van der Waals surface area contributed by atoms with Gasteiger partial charge in [-0.25, -0.2) is 0 Å². The Kier molecular flexibility index (Phi) is 13.5. The molecule has 2 unspecified atom stereocenters. The molecule has 0 aliphatic carbocycles. The van der Waals surface area contributed by atoms with Crippen LogP contribution >= 0.6 is 11.6 Å². The highest BCUT2D eigenvalue weighted by Gasteiger charge is 2.44. The van der Waals surface area contributed by atoms with Crippen molar-refractivity contribution < 1.29 is 43.1 Å². The summed E-state index contributed by atoms with van der Waals surface area (Å²) in [6, 6.07) is 4.35. The summed E-state index contributed by atoms with van der Waals surface area (Å²) in [5.74, 6) is -0.514. The lowest BCUT2D eigenvalue weighted by atomic mass is 9.99. The van der Waals surface area contributed by atoms with Gasteiger partial charge >= 0.3 is 6.18 Å². The van der Waals surface area contributed by atoms with Crippen LogP contribution in [-0.4, -0.2) is 76.8 Å². The molecule has 0 saturated carbocycles. The topological polar surface area (TPSA) is 124 Å². The lowest BCUT2D eigenvalue weighted by Crippen LogP contribution is -2.60. The number of rotatable bonds is 7. The smallest absolute Gasteiger partial charge is 0.434 e. The van der Waals surface area contributed by atoms with E-state index in [4.69, 9.17) is 21.1 Å². The zero-order valence-corrected chi connectivity index (χ0v) is 19.0. The van der Waals surface area contributed by atoms with Crippen molar-refractivity contribution in [1.29, 1.82) is 0 Å². The number of aliphatic imine (C=N–C) groups is 2. The van der Waals surface area contributed by atoms with Crippen LogP contribution in [0.5, 0.6) is 5.75 Å². The van der Waals surface area contributed by atoms with E-state index in [9.17, 15) is 33.6 Å². The molecule has 1 aliphatic rings. The molecule has 1 aromatic carbocycles. The van der Waals surface area contributed by atoms with E-state index in [1.807, 2.05) is 13.8 Å². The van der Waals surface area contributed by atoms with Crippen molar-refractivity contribution in [2.75, 3.05) is 6.61 Å². The maximum absolute atomic E-state index is 12.8. The Hall–Kier alpha value is -2.02. The van der Waals surface area contributed by atoms with Gasteiger partial charge in [0.25, 0.3) is 0 Å². The van der Waals surface area contributed by atoms with Gasteiger partial charge in [0.05, 0.1) is 17.8 Å². The van der Waals surface area contributed by atoms with Gasteiger partial charge < -0.3 is 29.9 Å². The average molecular weight is 513 g/mol. The summed E-state index contributed by atoms with van der Waals surface area (Å²) < 4.78 is 49.3. The summed E-state index contributed by atoms with van der Waals surface area (Å²) in [5, 5.41) is 38.9. The predicted octanol–water partition coefficient (Wildman–Crippen LogP) is 3.46. The van der Waals surface area contributed by atoms with E-state index in [1.165, 1.54) is 18.2 Å². The maximum atomic E-state index is 12.8. The Morgan fingerprint density at radius 2 is 1.85 bits per heavy atom. The van der Waals surface area contributed by atoms with Crippen LogP contribution in [-0.2, 0) is 4.74 Å². The first-order valence-electron chi connectivity index (χ1n) is 10.0. The molecule has 1 aromatic rings. The maximum Gasteiger partial charge on any atom is 0.434 e. The molecule has 34 heavy (non-hydrogen) atoms. The van der Waals surface area contributed by atoms with E-state index >= 15 is 0 Å². The van der Waals surface area contributed by atoms with Gasteiger partial charge in [-0.3, -0.25) is 9.98 Å². The van der Waals surface area contributed by atoms with Crippen LogP contribution in [0.1, 0.15) is 39.7 Å². The first-order chi connectivity index (χ1) is 15.5. The van der Waals surface area contributed by atoms with Gasteiger partial charge in [0, 0.05) is 12.1 Å². The summed E-state index contributed by atoms with van der Waals surface area (Å²) in [4.78, 5) is 6.52. The minimum Gasteiger partial charge on any atom is -0.460 e. The molecule has 1 heterocycles. The summed E-state index contributed by atoms with van der Waals surface area (Å²) in [5.41, 5.74) is -0.689. The molecule has 194 valence electrons. The standard InChI is InChI=1S/C19H22ClF3N2O6.C2H6.CH4/c1-9(6-25-14(7-24-2)19(21,22)23)10-3-4-12(11(20)5-10)30-18-17(29)16(28)15(27)13(8-26)31-18;1-2;/h3-7,9,13,15-18,26-29H,2,8H2,1H3;1-2H3;1H4/b14-7-,25-6?;;/t9?,13-,15-,16+,17+,18?;;/m1../s1. The van der Waals surface area contributed by atoms with E-state index in [1.54, 1.807) is 6.92 Å². The molecule has 1 fully saturated rings. The van der Waals surface area contributed by atoms with E-state index in [2.05, 4.69) is 16.7 Å². The second-order valence-corrected chi connectivity index (χ2v) is 7.17. The fourth-order valence-electron chi connectivity index (χ4n) is 2.73. The SMILES string of the molecule is C.C=N/C=C(\N=CC(C)c1ccc(OC2O[C@H](CO)[C@@H](O)[C@H](O)[C@@H]2O)c(Cl)c1)C(F)(F)F.CC. The van der Waals surface area contributed by atoms with Gasteiger partial charge in [-0.05, 0) is 24.4 Å². The molecule has 0 aromatic heterocycles. The molecule has 4 N–H and O–H groups in total. The van der Waals surface area contributed by atoms with Gasteiger partial charge in [0.15, 0.2) is 5.70 Å². The van der Waals surface area contributed by atoms with Gasteiger partial charge in [-0.15, -0.1) is 0 Å². The third-order valence-corrected chi connectivity index (χ3v) is 4.81. The van der Waals surface area contributed by atoms with Crippen molar-refractivity contribution in [2.45, 2.75) is 71.0 Å². The van der Waals surface area contributed by atoms with Gasteiger partial charge in [-0.2, -0.15) is 13.2 Å². The molecule has 12 heteroatoms. The van der Waals surface area contributed by atoms with Crippen LogP contribution in [0.3, 0.4) is 0 Å². The normalized spacial score (nSPS) is 26.2. The molecule has 0 spiro atoms. The number of alkyl halides is 3. The van der Waals surface area contributed by atoms with Crippen LogP contribution in [0, 0.1) is 0 Å². The van der Waals surface area contributed by atoms with Crippen LogP contribution < -0.4 is 4.74 Å². The number of halogens is 4. The number of hydrogen-bond acceptors (Lipinski definition) is 8. The minimum atomic E-state index is -4.68. The zero-order chi connectivity index (χ0) is 25.3. The van der Waals surface area contributed by atoms with Crippen LogP contribution in [0.4, 0.5) is 13.2 Å². The lowest BCUT2D eigenvalue weighted by molar-refractivity contribution is -0.277. The Morgan fingerprint density at radius 3 is 2.35 bits per heavy atom. The highest BCUT2D eigenvalue weighted by Crippen LogP contribution is 2.32. The molecule has 0 bridgehead atoms. The second-order valence-electron chi connectivity index (χ2n) is 6.77.